The van der Waals surface area contributed by atoms with Crippen LogP contribution in [0.5, 0.6) is 0 Å². The summed E-state index contributed by atoms with van der Waals surface area (Å²) in [6.45, 7) is 2.70. The number of carboxylic acids is 3. The fraction of sp³-hybridized carbons (Fsp3) is 0.643. The number of hydrogen-bond acceptors (Lipinski definition) is 8. The molecule has 142 valence electrons. The van der Waals surface area contributed by atoms with Gasteiger partial charge in [0.05, 0.1) is 19.6 Å². The van der Waals surface area contributed by atoms with Gasteiger partial charge in [0.25, 0.3) is 0 Å². The van der Waals surface area contributed by atoms with Gasteiger partial charge >= 0.3 is 29.8 Å². The van der Waals surface area contributed by atoms with Gasteiger partial charge in [0, 0.05) is 0 Å². The van der Waals surface area contributed by atoms with Crippen LogP contribution in [0.4, 0.5) is 0 Å². The lowest BCUT2D eigenvalue weighted by atomic mass is 9.63. The Labute approximate surface area is 142 Å². The van der Waals surface area contributed by atoms with Crippen LogP contribution in [0.1, 0.15) is 27.2 Å². The summed E-state index contributed by atoms with van der Waals surface area (Å²) in [5, 5.41) is 38.0. The molecule has 25 heavy (non-hydrogen) atoms. The standard InChI is InChI=1S/C14H20O11/c1-4-24-9(17)8(10(18)25-5-2)13(3,11(19)20)14(23,12(21)22)6-7(15)16/h8,23H,4-6H2,1-3H3,(H,15,16)(H,19,20)(H,21,22). The number of carboxylic acid groups (broad SMARTS) is 3. The summed E-state index contributed by atoms with van der Waals surface area (Å²) in [6, 6.07) is 0. The predicted octanol–water partition coefficient (Wildman–Crippen LogP) is -0.890. The highest BCUT2D eigenvalue weighted by atomic mass is 16.6. The van der Waals surface area contributed by atoms with Crippen LogP contribution in [0.3, 0.4) is 0 Å². The molecule has 0 rings (SSSR count). The average Bonchev–Trinajstić information content (AvgIpc) is 2.46. The zero-order valence-electron chi connectivity index (χ0n) is 13.8. The summed E-state index contributed by atoms with van der Waals surface area (Å²) >= 11 is 0. The number of carbonyl (C=O) groups is 5. The van der Waals surface area contributed by atoms with Gasteiger partial charge < -0.3 is 29.9 Å². The molecular weight excluding hydrogens is 344 g/mol. The van der Waals surface area contributed by atoms with E-state index in [1.807, 2.05) is 0 Å². The Morgan fingerprint density at radius 2 is 1.28 bits per heavy atom. The van der Waals surface area contributed by atoms with Gasteiger partial charge in [-0.15, -0.1) is 0 Å². The number of aliphatic hydroxyl groups is 1. The Kier molecular flexibility index (Phi) is 7.51. The second-order valence-corrected chi connectivity index (χ2v) is 5.18. The number of rotatable bonds is 10. The maximum Gasteiger partial charge on any atom is 0.337 e. The van der Waals surface area contributed by atoms with Crippen LogP contribution in [-0.2, 0) is 33.4 Å². The van der Waals surface area contributed by atoms with Crippen molar-refractivity contribution in [1.82, 2.24) is 0 Å². The molecule has 0 saturated carbocycles. The number of ether oxygens (including phenoxy) is 2. The molecular formula is C14H20O11. The lowest BCUT2D eigenvalue weighted by Gasteiger charge is -2.40. The molecule has 0 fully saturated rings. The van der Waals surface area contributed by atoms with Gasteiger partial charge in [-0.25, -0.2) is 4.79 Å². The van der Waals surface area contributed by atoms with Crippen molar-refractivity contribution in [3.8, 4) is 0 Å². The van der Waals surface area contributed by atoms with Crippen molar-refractivity contribution in [2.75, 3.05) is 13.2 Å². The lowest BCUT2D eigenvalue weighted by molar-refractivity contribution is -0.207. The molecule has 11 heteroatoms. The smallest absolute Gasteiger partial charge is 0.337 e. The van der Waals surface area contributed by atoms with E-state index >= 15 is 0 Å². The van der Waals surface area contributed by atoms with E-state index in [-0.39, 0.29) is 13.2 Å². The SMILES string of the molecule is CCOC(=O)C(C(=O)OCC)C(C)(C(=O)O)C(O)(CC(=O)O)C(=O)O. The summed E-state index contributed by atoms with van der Waals surface area (Å²) in [5.74, 6) is -11.5. The van der Waals surface area contributed by atoms with Gasteiger partial charge in [-0.05, 0) is 20.8 Å². The summed E-state index contributed by atoms with van der Waals surface area (Å²) in [4.78, 5) is 58.5. The van der Waals surface area contributed by atoms with Gasteiger partial charge in [-0.3, -0.25) is 19.2 Å². The van der Waals surface area contributed by atoms with Crippen molar-refractivity contribution in [3.05, 3.63) is 0 Å². The monoisotopic (exact) mass is 364 g/mol. The number of esters is 2. The zero-order valence-corrected chi connectivity index (χ0v) is 13.8. The zero-order chi connectivity index (χ0) is 20.0. The van der Waals surface area contributed by atoms with E-state index in [4.69, 9.17) is 5.11 Å². The Bertz CT molecular complexity index is 551. The quantitative estimate of drug-likeness (QED) is 0.278. The molecule has 2 unspecified atom stereocenters. The van der Waals surface area contributed by atoms with Crippen LogP contribution in [-0.4, -0.2) is 69.1 Å². The van der Waals surface area contributed by atoms with Crippen molar-refractivity contribution in [1.29, 1.82) is 0 Å². The fourth-order valence-corrected chi connectivity index (χ4v) is 2.26. The van der Waals surface area contributed by atoms with Gasteiger partial charge in [0.1, 0.15) is 5.41 Å². The van der Waals surface area contributed by atoms with Crippen molar-refractivity contribution in [2.45, 2.75) is 32.8 Å². The van der Waals surface area contributed by atoms with Gasteiger partial charge in [-0.1, -0.05) is 0 Å². The Morgan fingerprint density at radius 3 is 1.52 bits per heavy atom. The molecule has 0 aliphatic carbocycles. The van der Waals surface area contributed by atoms with Crippen LogP contribution < -0.4 is 0 Å². The minimum atomic E-state index is -3.51. The molecule has 0 spiro atoms. The maximum absolute atomic E-state index is 12.1. The Morgan fingerprint density at radius 1 is 0.880 bits per heavy atom. The number of carbonyl (C=O) groups excluding carboxylic acids is 2. The third-order valence-electron chi connectivity index (χ3n) is 3.69. The number of hydrogen-bond donors (Lipinski definition) is 4. The van der Waals surface area contributed by atoms with Crippen LogP contribution in [0.2, 0.25) is 0 Å². The van der Waals surface area contributed by atoms with Crippen LogP contribution >= 0.6 is 0 Å². The van der Waals surface area contributed by atoms with E-state index in [2.05, 4.69) is 9.47 Å². The lowest BCUT2D eigenvalue weighted by Crippen LogP contribution is -2.64. The summed E-state index contributed by atoms with van der Waals surface area (Å²) < 4.78 is 9.19. The molecule has 0 aliphatic heterocycles. The van der Waals surface area contributed by atoms with E-state index in [1.165, 1.54) is 13.8 Å². The highest BCUT2D eigenvalue weighted by molar-refractivity contribution is 6.04. The first-order chi connectivity index (χ1) is 11.4. The second kappa shape index (κ2) is 8.42. The normalized spacial score (nSPS) is 15.6. The highest BCUT2D eigenvalue weighted by Gasteiger charge is 2.67. The van der Waals surface area contributed by atoms with Crippen molar-refractivity contribution < 1.29 is 53.9 Å². The largest absolute Gasteiger partial charge is 0.481 e. The van der Waals surface area contributed by atoms with Crippen molar-refractivity contribution in [2.24, 2.45) is 11.3 Å². The first kappa shape index (κ1) is 22.3. The van der Waals surface area contributed by atoms with Gasteiger partial charge in [-0.2, -0.15) is 0 Å². The molecule has 2 atom stereocenters. The fourth-order valence-electron chi connectivity index (χ4n) is 2.26. The maximum atomic E-state index is 12.1. The summed E-state index contributed by atoms with van der Waals surface area (Å²) in [7, 11) is 0. The van der Waals surface area contributed by atoms with Crippen molar-refractivity contribution >= 4 is 29.8 Å². The van der Waals surface area contributed by atoms with Crippen LogP contribution in [0, 0.1) is 11.3 Å². The highest BCUT2D eigenvalue weighted by Crippen LogP contribution is 2.43. The molecule has 11 nitrogen and oxygen atoms in total. The third kappa shape index (κ3) is 4.24. The molecule has 0 bridgehead atoms. The molecule has 0 aromatic heterocycles. The minimum Gasteiger partial charge on any atom is -0.481 e. The summed E-state index contributed by atoms with van der Waals surface area (Å²) in [5.41, 5.74) is -6.59. The van der Waals surface area contributed by atoms with Gasteiger partial charge in [0.15, 0.2) is 11.5 Å². The summed E-state index contributed by atoms with van der Waals surface area (Å²) in [6.07, 6.45) is -1.58. The first-order valence-electron chi connectivity index (χ1n) is 7.14. The average molecular weight is 364 g/mol. The van der Waals surface area contributed by atoms with E-state index in [0.29, 0.717) is 6.92 Å². The first-order valence-corrected chi connectivity index (χ1v) is 7.14. The molecule has 0 aliphatic rings. The van der Waals surface area contributed by atoms with Crippen LogP contribution in [0.25, 0.3) is 0 Å². The molecule has 0 saturated heterocycles. The third-order valence-corrected chi connectivity index (χ3v) is 3.69. The van der Waals surface area contributed by atoms with E-state index in [0.717, 1.165) is 0 Å². The Balaban J connectivity index is 6.58. The molecule has 0 radical (unpaired) electrons. The Hall–Kier alpha value is -2.69. The topological polar surface area (TPSA) is 185 Å². The molecule has 0 heterocycles. The predicted molar refractivity (Wildman–Crippen MR) is 77.3 cm³/mol. The second-order valence-electron chi connectivity index (χ2n) is 5.18. The number of aliphatic carboxylic acids is 3. The molecule has 0 aromatic rings. The van der Waals surface area contributed by atoms with E-state index in [9.17, 15) is 39.3 Å². The van der Waals surface area contributed by atoms with E-state index in [1.54, 1.807) is 0 Å². The van der Waals surface area contributed by atoms with Gasteiger partial charge in [0.2, 0.25) is 0 Å². The molecule has 4 N–H and O–H groups in total. The molecule has 0 amide bonds. The van der Waals surface area contributed by atoms with Crippen LogP contribution in [0.15, 0.2) is 0 Å². The van der Waals surface area contributed by atoms with E-state index < -0.39 is 53.2 Å². The molecule has 0 aromatic carbocycles. The minimum absolute atomic E-state index is 0.283. The van der Waals surface area contributed by atoms with Crippen molar-refractivity contribution in [3.63, 3.8) is 0 Å².